The fourth-order valence-corrected chi connectivity index (χ4v) is 5.17. The van der Waals surface area contributed by atoms with E-state index in [0.29, 0.717) is 58.6 Å². The number of thiophene rings is 1. The van der Waals surface area contributed by atoms with E-state index in [1.807, 2.05) is 37.3 Å². The monoisotopic (exact) mass is 471 g/mol. The molecule has 2 heterocycles. The number of esters is 1. The standard InChI is InChI=1S/C24H29N3O5S/c1-3-18-20-22(29)25-19(26-23(20)33-21(18)24(30)31-2)12-27(16-9-10-16)11-17(28)14-32-13-15-7-5-4-6-8-15/h4-8,16-17,28H,3,9-14H2,1-2H3,(H,25,26,29). The maximum atomic E-state index is 12.8. The number of aliphatic hydroxyl groups excluding tert-OH is 1. The topological polar surface area (TPSA) is 105 Å². The molecule has 1 aliphatic rings. The van der Waals surface area contributed by atoms with Gasteiger partial charge in [-0.05, 0) is 30.4 Å². The molecule has 0 spiro atoms. The van der Waals surface area contributed by atoms with E-state index in [1.54, 1.807) is 0 Å². The number of carbonyl (C=O) groups excluding carboxylic acids is 1. The second-order valence-electron chi connectivity index (χ2n) is 8.26. The summed E-state index contributed by atoms with van der Waals surface area (Å²) in [4.78, 5) is 35.6. The number of fused-ring (bicyclic) bond motifs is 1. The summed E-state index contributed by atoms with van der Waals surface area (Å²) in [5, 5.41) is 11.0. The van der Waals surface area contributed by atoms with Gasteiger partial charge in [0.1, 0.15) is 15.5 Å². The number of methoxy groups -OCH3 is 1. The van der Waals surface area contributed by atoms with Crippen LogP contribution in [0.2, 0.25) is 0 Å². The van der Waals surface area contributed by atoms with Crippen molar-refractivity contribution in [3.05, 3.63) is 62.5 Å². The lowest BCUT2D eigenvalue weighted by atomic mass is 10.1. The quantitative estimate of drug-likeness (QED) is 0.414. The van der Waals surface area contributed by atoms with Crippen LogP contribution in [-0.4, -0.2) is 58.4 Å². The molecule has 176 valence electrons. The summed E-state index contributed by atoms with van der Waals surface area (Å²) in [5.41, 5.74) is 1.49. The maximum Gasteiger partial charge on any atom is 0.348 e. The highest BCUT2D eigenvalue weighted by Crippen LogP contribution is 2.30. The van der Waals surface area contributed by atoms with Crippen LogP contribution in [0.1, 0.15) is 46.4 Å². The van der Waals surface area contributed by atoms with E-state index < -0.39 is 12.1 Å². The van der Waals surface area contributed by atoms with Crippen molar-refractivity contribution in [1.29, 1.82) is 0 Å². The zero-order valence-electron chi connectivity index (χ0n) is 18.9. The molecule has 33 heavy (non-hydrogen) atoms. The Labute approximate surface area is 196 Å². The Morgan fingerprint density at radius 1 is 1.33 bits per heavy atom. The third kappa shape index (κ3) is 5.67. The van der Waals surface area contributed by atoms with Gasteiger partial charge in [-0.25, -0.2) is 9.78 Å². The lowest BCUT2D eigenvalue weighted by molar-refractivity contribution is 0.00666. The van der Waals surface area contributed by atoms with Gasteiger partial charge in [-0.2, -0.15) is 0 Å². The molecule has 4 rings (SSSR count). The Morgan fingerprint density at radius 3 is 2.76 bits per heavy atom. The van der Waals surface area contributed by atoms with Crippen molar-refractivity contribution in [3.8, 4) is 0 Å². The van der Waals surface area contributed by atoms with E-state index in [-0.39, 0.29) is 12.2 Å². The van der Waals surface area contributed by atoms with Gasteiger partial charge in [0.2, 0.25) is 0 Å². The van der Waals surface area contributed by atoms with Crippen LogP contribution in [0.25, 0.3) is 10.2 Å². The number of benzene rings is 1. The Morgan fingerprint density at radius 2 is 2.09 bits per heavy atom. The normalized spacial score (nSPS) is 14.7. The number of hydrogen-bond donors (Lipinski definition) is 2. The zero-order chi connectivity index (χ0) is 23.4. The highest BCUT2D eigenvalue weighted by atomic mass is 32.1. The van der Waals surface area contributed by atoms with Gasteiger partial charge in [-0.3, -0.25) is 9.69 Å². The van der Waals surface area contributed by atoms with Crippen LogP contribution >= 0.6 is 11.3 Å². The first-order valence-corrected chi connectivity index (χ1v) is 12.0. The Kier molecular flexibility index (Phi) is 7.54. The highest BCUT2D eigenvalue weighted by Gasteiger charge is 2.31. The van der Waals surface area contributed by atoms with Gasteiger partial charge in [0.15, 0.2) is 0 Å². The van der Waals surface area contributed by atoms with Gasteiger partial charge in [-0.1, -0.05) is 37.3 Å². The van der Waals surface area contributed by atoms with E-state index in [4.69, 9.17) is 9.47 Å². The average molecular weight is 472 g/mol. The minimum Gasteiger partial charge on any atom is -0.465 e. The van der Waals surface area contributed by atoms with Crippen LogP contribution in [0.4, 0.5) is 0 Å². The first kappa shape index (κ1) is 23.6. The fourth-order valence-electron chi connectivity index (χ4n) is 3.96. The van der Waals surface area contributed by atoms with E-state index in [2.05, 4.69) is 14.9 Å². The van der Waals surface area contributed by atoms with Crippen LogP contribution in [-0.2, 0) is 29.0 Å². The number of aryl methyl sites for hydroxylation is 1. The first-order valence-electron chi connectivity index (χ1n) is 11.2. The number of aromatic nitrogens is 2. The average Bonchev–Trinajstić information content (AvgIpc) is 3.59. The van der Waals surface area contributed by atoms with E-state index >= 15 is 0 Å². The number of nitrogens with zero attached hydrogens (tertiary/aromatic N) is 2. The third-order valence-electron chi connectivity index (χ3n) is 5.72. The van der Waals surface area contributed by atoms with Crippen LogP contribution in [0.3, 0.4) is 0 Å². The number of ether oxygens (including phenoxy) is 2. The SMILES string of the molecule is CCc1c(C(=O)OC)sc2nc(CN(CC(O)COCc3ccccc3)C3CC3)[nH]c(=O)c12. The predicted octanol–water partition coefficient (Wildman–Crippen LogP) is 2.88. The lowest BCUT2D eigenvalue weighted by Crippen LogP contribution is -2.37. The Hall–Kier alpha value is -2.59. The molecule has 0 bridgehead atoms. The van der Waals surface area contributed by atoms with Crippen molar-refractivity contribution < 1.29 is 19.4 Å². The second-order valence-corrected chi connectivity index (χ2v) is 9.26. The smallest absolute Gasteiger partial charge is 0.348 e. The van der Waals surface area contributed by atoms with Gasteiger partial charge in [-0.15, -0.1) is 11.3 Å². The van der Waals surface area contributed by atoms with Crippen LogP contribution in [0, 0.1) is 0 Å². The Balaban J connectivity index is 1.44. The number of hydrogen-bond acceptors (Lipinski definition) is 8. The van der Waals surface area contributed by atoms with Crippen LogP contribution in [0.5, 0.6) is 0 Å². The molecule has 1 aromatic carbocycles. The number of rotatable bonds is 11. The molecule has 1 fully saturated rings. The number of aliphatic hydroxyl groups is 1. The number of carbonyl (C=O) groups is 1. The fraction of sp³-hybridized carbons (Fsp3) is 0.458. The highest BCUT2D eigenvalue weighted by molar-refractivity contribution is 7.20. The molecule has 8 nitrogen and oxygen atoms in total. The summed E-state index contributed by atoms with van der Waals surface area (Å²) in [5.74, 6) is 0.0751. The summed E-state index contributed by atoms with van der Waals surface area (Å²) >= 11 is 1.19. The number of aromatic amines is 1. The number of H-pyrrole nitrogens is 1. The summed E-state index contributed by atoms with van der Waals surface area (Å²) in [6.45, 7) is 3.43. The molecule has 0 aliphatic heterocycles. The van der Waals surface area contributed by atoms with Gasteiger partial charge in [0, 0.05) is 12.6 Å². The van der Waals surface area contributed by atoms with Gasteiger partial charge in [0.05, 0.1) is 38.4 Å². The molecule has 2 N–H and O–H groups in total. The molecular weight excluding hydrogens is 442 g/mol. The molecule has 2 aromatic heterocycles. The molecule has 1 unspecified atom stereocenters. The van der Waals surface area contributed by atoms with E-state index in [0.717, 1.165) is 18.4 Å². The molecule has 0 radical (unpaired) electrons. The van der Waals surface area contributed by atoms with Crippen molar-refractivity contribution in [3.63, 3.8) is 0 Å². The van der Waals surface area contributed by atoms with E-state index in [9.17, 15) is 14.7 Å². The first-order chi connectivity index (χ1) is 16.0. The van der Waals surface area contributed by atoms with Crippen molar-refractivity contribution in [2.24, 2.45) is 0 Å². The Bertz CT molecular complexity index is 1160. The minimum atomic E-state index is -0.649. The molecule has 9 heteroatoms. The van der Waals surface area contributed by atoms with Gasteiger partial charge < -0.3 is 19.6 Å². The van der Waals surface area contributed by atoms with Crippen molar-refractivity contribution in [1.82, 2.24) is 14.9 Å². The molecule has 3 aromatic rings. The summed E-state index contributed by atoms with van der Waals surface area (Å²) < 4.78 is 10.5. The third-order valence-corrected chi connectivity index (χ3v) is 6.82. The summed E-state index contributed by atoms with van der Waals surface area (Å²) in [6.07, 6.45) is 1.99. The number of nitrogens with one attached hydrogen (secondary N) is 1. The van der Waals surface area contributed by atoms with Crippen LogP contribution < -0.4 is 5.56 Å². The molecule has 0 saturated heterocycles. The van der Waals surface area contributed by atoms with Crippen LogP contribution in [0.15, 0.2) is 35.1 Å². The summed E-state index contributed by atoms with van der Waals surface area (Å²) in [6, 6.07) is 10.2. The van der Waals surface area contributed by atoms with Gasteiger partial charge >= 0.3 is 5.97 Å². The largest absolute Gasteiger partial charge is 0.465 e. The molecular formula is C24H29N3O5S. The molecule has 1 aliphatic carbocycles. The van der Waals surface area contributed by atoms with Crippen molar-refractivity contribution in [2.75, 3.05) is 20.3 Å². The molecule has 0 amide bonds. The maximum absolute atomic E-state index is 12.8. The predicted molar refractivity (Wildman–Crippen MR) is 126 cm³/mol. The second kappa shape index (κ2) is 10.6. The van der Waals surface area contributed by atoms with Crippen molar-refractivity contribution >= 4 is 27.5 Å². The van der Waals surface area contributed by atoms with E-state index in [1.165, 1.54) is 18.4 Å². The molecule has 1 atom stereocenters. The summed E-state index contributed by atoms with van der Waals surface area (Å²) in [7, 11) is 1.33. The molecule has 1 saturated carbocycles. The van der Waals surface area contributed by atoms with Gasteiger partial charge in [0.25, 0.3) is 5.56 Å². The zero-order valence-corrected chi connectivity index (χ0v) is 19.7. The lowest BCUT2D eigenvalue weighted by Gasteiger charge is -2.24. The van der Waals surface area contributed by atoms with Crippen molar-refractivity contribution in [2.45, 2.75) is 51.5 Å². The minimum absolute atomic E-state index is 0.231.